The maximum absolute atomic E-state index is 12.0. The number of hydrogen-bond donors (Lipinski definition) is 2. The molecule has 16 heavy (non-hydrogen) atoms. The standard InChI is InChI=1S/C10H10ClN3O2/c11-10-13-8-6(2-1-3-7(8)15)9(16)14(10)5-4-12/h1-3,15H,4-5,12H2. The summed E-state index contributed by atoms with van der Waals surface area (Å²) in [4.78, 5) is 15.9. The van der Waals surface area contributed by atoms with E-state index in [1.54, 1.807) is 12.1 Å². The molecule has 1 aromatic carbocycles. The molecule has 1 heterocycles. The first-order valence-corrected chi connectivity index (χ1v) is 5.11. The van der Waals surface area contributed by atoms with Crippen LogP contribution in [0.15, 0.2) is 23.0 Å². The highest BCUT2D eigenvalue weighted by Crippen LogP contribution is 2.20. The Balaban J connectivity index is 2.84. The zero-order chi connectivity index (χ0) is 11.7. The minimum absolute atomic E-state index is 0.0319. The van der Waals surface area contributed by atoms with Crippen LogP contribution in [0.1, 0.15) is 0 Å². The number of phenolic OH excluding ortho intramolecular Hbond substituents is 1. The van der Waals surface area contributed by atoms with Gasteiger partial charge in [-0.3, -0.25) is 9.36 Å². The van der Waals surface area contributed by atoms with Crippen molar-refractivity contribution in [1.82, 2.24) is 9.55 Å². The highest BCUT2D eigenvalue weighted by atomic mass is 35.5. The van der Waals surface area contributed by atoms with Gasteiger partial charge in [0.15, 0.2) is 0 Å². The molecule has 0 unspecified atom stereocenters. The van der Waals surface area contributed by atoms with Gasteiger partial charge >= 0.3 is 0 Å². The van der Waals surface area contributed by atoms with E-state index in [1.807, 2.05) is 0 Å². The van der Waals surface area contributed by atoms with Gasteiger partial charge in [0.25, 0.3) is 5.56 Å². The van der Waals surface area contributed by atoms with E-state index in [9.17, 15) is 9.90 Å². The number of fused-ring (bicyclic) bond motifs is 1. The number of aromatic nitrogens is 2. The molecule has 6 heteroatoms. The van der Waals surface area contributed by atoms with E-state index in [2.05, 4.69) is 4.98 Å². The first kappa shape index (κ1) is 10.9. The molecule has 2 rings (SSSR count). The average molecular weight is 240 g/mol. The van der Waals surface area contributed by atoms with Crippen LogP contribution in [-0.2, 0) is 6.54 Å². The summed E-state index contributed by atoms with van der Waals surface area (Å²) in [5.74, 6) is -0.0589. The third kappa shape index (κ3) is 1.64. The summed E-state index contributed by atoms with van der Waals surface area (Å²) < 4.78 is 1.28. The van der Waals surface area contributed by atoms with E-state index in [4.69, 9.17) is 17.3 Å². The molecule has 0 bridgehead atoms. The molecule has 5 nitrogen and oxygen atoms in total. The Bertz CT molecular complexity index is 594. The fourth-order valence-electron chi connectivity index (χ4n) is 1.53. The Kier molecular flexibility index (Phi) is 2.80. The van der Waals surface area contributed by atoms with E-state index in [0.717, 1.165) is 0 Å². The lowest BCUT2D eigenvalue weighted by atomic mass is 10.2. The van der Waals surface area contributed by atoms with Gasteiger partial charge in [-0.25, -0.2) is 4.98 Å². The van der Waals surface area contributed by atoms with Gasteiger partial charge in [-0.15, -0.1) is 0 Å². The Morgan fingerprint density at radius 2 is 2.25 bits per heavy atom. The van der Waals surface area contributed by atoms with Gasteiger partial charge in [0, 0.05) is 13.1 Å². The third-order valence-corrected chi connectivity index (χ3v) is 2.56. The van der Waals surface area contributed by atoms with Gasteiger partial charge in [-0.05, 0) is 23.7 Å². The second kappa shape index (κ2) is 4.11. The number of hydrogen-bond acceptors (Lipinski definition) is 4. The summed E-state index contributed by atoms with van der Waals surface area (Å²) >= 11 is 5.84. The smallest absolute Gasteiger partial charge is 0.262 e. The monoisotopic (exact) mass is 239 g/mol. The summed E-state index contributed by atoms with van der Waals surface area (Å²) in [5.41, 5.74) is 5.30. The Morgan fingerprint density at radius 1 is 1.50 bits per heavy atom. The number of nitrogens with two attached hydrogens (primary N) is 1. The molecule has 0 amide bonds. The van der Waals surface area contributed by atoms with Crippen LogP contribution in [0.25, 0.3) is 10.9 Å². The molecule has 0 aliphatic carbocycles. The molecule has 0 atom stereocenters. The second-order valence-electron chi connectivity index (χ2n) is 3.30. The summed E-state index contributed by atoms with van der Waals surface area (Å²) in [5, 5.41) is 9.91. The number of halogens is 1. The van der Waals surface area contributed by atoms with E-state index in [-0.39, 0.29) is 22.1 Å². The van der Waals surface area contributed by atoms with Gasteiger partial charge in [-0.2, -0.15) is 0 Å². The number of benzene rings is 1. The van der Waals surface area contributed by atoms with E-state index in [0.29, 0.717) is 18.5 Å². The highest BCUT2D eigenvalue weighted by molar-refractivity contribution is 6.28. The van der Waals surface area contributed by atoms with Gasteiger partial charge in [0.05, 0.1) is 5.39 Å². The lowest BCUT2D eigenvalue weighted by molar-refractivity contribution is 0.480. The van der Waals surface area contributed by atoms with Crippen molar-refractivity contribution in [2.45, 2.75) is 6.54 Å². The average Bonchev–Trinajstić information content (AvgIpc) is 2.26. The second-order valence-corrected chi connectivity index (χ2v) is 3.64. The number of aromatic hydroxyl groups is 1. The minimum Gasteiger partial charge on any atom is -0.506 e. The lowest BCUT2D eigenvalue weighted by Crippen LogP contribution is -2.25. The van der Waals surface area contributed by atoms with Gasteiger partial charge in [-0.1, -0.05) is 6.07 Å². The Hall–Kier alpha value is -1.59. The van der Waals surface area contributed by atoms with Crippen molar-refractivity contribution in [2.24, 2.45) is 5.73 Å². The van der Waals surface area contributed by atoms with Crippen LogP contribution in [0.3, 0.4) is 0 Å². The Labute approximate surface area is 96.1 Å². The quantitative estimate of drug-likeness (QED) is 0.757. The van der Waals surface area contributed by atoms with Crippen molar-refractivity contribution in [3.8, 4) is 5.75 Å². The SMILES string of the molecule is NCCn1c(Cl)nc2c(O)cccc2c1=O. The minimum atomic E-state index is -0.295. The fraction of sp³-hybridized carbons (Fsp3) is 0.200. The van der Waals surface area contributed by atoms with Gasteiger partial charge in [0.1, 0.15) is 11.3 Å². The molecule has 84 valence electrons. The van der Waals surface area contributed by atoms with Crippen LogP contribution in [0.4, 0.5) is 0 Å². The van der Waals surface area contributed by atoms with Crippen molar-refractivity contribution in [1.29, 1.82) is 0 Å². The third-order valence-electron chi connectivity index (χ3n) is 2.27. The molecule has 0 spiro atoms. The van der Waals surface area contributed by atoms with Crippen molar-refractivity contribution in [2.75, 3.05) is 6.54 Å². The molecule has 0 aliphatic heterocycles. The lowest BCUT2D eigenvalue weighted by Gasteiger charge is -2.08. The topological polar surface area (TPSA) is 81.1 Å². The van der Waals surface area contributed by atoms with Crippen molar-refractivity contribution < 1.29 is 5.11 Å². The van der Waals surface area contributed by atoms with Gasteiger partial charge < -0.3 is 10.8 Å². The van der Waals surface area contributed by atoms with Crippen LogP contribution in [0.2, 0.25) is 5.28 Å². The van der Waals surface area contributed by atoms with Crippen molar-refractivity contribution in [3.63, 3.8) is 0 Å². The molecule has 0 aliphatic rings. The number of rotatable bonds is 2. The van der Waals surface area contributed by atoms with Crippen LogP contribution >= 0.6 is 11.6 Å². The van der Waals surface area contributed by atoms with Gasteiger partial charge in [0.2, 0.25) is 5.28 Å². The molecule has 0 saturated carbocycles. The predicted octanol–water partition coefficient (Wildman–Crippen LogP) is 0.714. The van der Waals surface area contributed by atoms with E-state index in [1.165, 1.54) is 10.6 Å². The maximum atomic E-state index is 12.0. The number of nitrogens with zero attached hydrogens (tertiary/aromatic N) is 2. The Morgan fingerprint density at radius 3 is 2.94 bits per heavy atom. The first-order chi connectivity index (χ1) is 7.65. The molecule has 0 saturated heterocycles. The fourth-order valence-corrected chi connectivity index (χ4v) is 1.77. The molecular formula is C10H10ClN3O2. The zero-order valence-electron chi connectivity index (χ0n) is 8.35. The van der Waals surface area contributed by atoms with E-state index < -0.39 is 0 Å². The summed E-state index contributed by atoms with van der Waals surface area (Å²) in [6.07, 6.45) is 0. The summed E-state index contributed by atoms with van der Waals surface area (Å²) in [6, 6.07) is 4.63. The van der Waals surface area contributed by atoms with Crippen LogP contribution in [0, 0.1) is 0 Å². The molecule has 1 aromatic heterocycles. The largest absolute Gasteiger partial charge is 0.506 e. The van der Waals surface area contributed by atoms with E-state index >= 15 is 0 Å². The normalized spacial score (nSPS) is 10.9. The first-order valence-electron chi connectivity index (χ1n) is 4.73. The zero-order valence-corrected chi connectivity index (χ0v) is 9.11. The van der Waals surface area contributed by atoms with Crippen molar-refractivity contribution in [3.05, 3.63) is 33.8 Å². The molecule has 3 N–H and O–H groups in total. The molecular weight excluding hydrogens is 230 g/mol. The molecule has 0 radical (unpaired) electrons. The maximum Gasteiger partial charge on any atom is 0.262 e. The number of para-hydroxylation sites is 1. The van der Waals surface area contributed by atoms with Crippen molar-refractivity contribution >= 4 is 22.5 Å². The number of phenols is 1. The van der Waals surface area contributed by atoms with Crippen LogP contribution < -0.4 is 11.3 Å². The van der Waals surface area contributed by atoms with Crippen LogP contribution in [0.5, 0.6) is 5.75 Å². The summed E-state index contributed by atoms with van der Waals surface area (Å²) in [6.45, 7) is 0.599. The molecule has 2 aromatic rings. The highest BCUT2D eigenvalue weighted by Gasteiger charge is 2.10. The van der Waals surface area contributed by atoms with Crippen LogP contribution in [-0.4, -0.2) is 21.2 Å². The molecule has 0 fully saturated rings. The summed E-state index contributed by atoms with van der Waals surface area (Å²) in [7, 11) is 0. The predicted molar refractivity (Wildman–Crippen MR) is 61.7 cm³/mol.